The van der Waals surface area contributed by atoms with Gasteiger partial charge in [0.2, 0.25) is 15.9 Å². The van der Waals surface area contributed by atoms with Crippen LogP contribution in [0.5, 0.6) is 0 Å². The molecule has 3 heterocycles. The monoisotopic (exact) mass is 576 g/mol. The van der Waals surface area contributed by atoms with Gasteiger partial charge in [0, 0.05) is 36.4 Å². The van der Waals surface area contributed by atoms with E-state index in [1.54, 1.807) is 18.3 Å². The average Bonchev–Trinajstić information content (AvgIpc) is 2.94. The van der Waals surface area contributed by atoms with Crippen molar-refractivity contribution < 1.29 is 30.8 Å². The highest BCUT2D eigenvalue weighted by atomic mass is 32.2. The Labute approximate surface area is 229 Å². The summed E-state index contributed by atoms with van der Waals surface area (Å²) in [6.45, 7) is 0.535. The van der Waals surface area contributed by atoms with E-state index < -0.39 is 55.7 Å². The molecule has 5 rings (SSSR count). The second-order valence-corrected chi connectivity index (χ2v) is 12.0. The van der Waals surface area contributed by atoms with Crippen molar-refractivity contribution in [2.45, 2.75) is 68.8 Å². The number of pyridine rings is 2. The van der Waals surface area contributed by atoms with Crippen LogP contribution in [0.25, 0.3) is 0 Å². The Morgan fingerprint density at radius 1 is 0.950 bits per heavy atom. The number of aromatic nitrogens is 2. The van der Waals surface area contributed by atoms with Crippen molar-refractivity contribution in [3.05, 3.63) is 82.9 Å². The fourth-order valence-corrected chi connectivity index (χ4v) is 7.08. The first-order valence-corrected chi connectivity index (χ1v) is 14.6. The second kappa shape index (κ2) is 11.2. The van der Waals surface area contributed by atoms with Crippen molar-refractivity contribution in [2.75, 3.05) is 11.4 Å². The van der Waals surface area contributed by atoms with E-state index in [0.717, 1.165) is 25.3 Å². The fourth-order valence-electron chi connectivity index (χ4n) is 5.33. The number of carbonyl (C=O) groups excluding carboxylic acids is 1. The quantitative estimate of drug-likeness (QED) is 0.279. The molecule has 2 aromatic heterocycles. The van der Waals surface area contributed by atoms with Gasteiger partial charge in [0.15, 0.2) is 28.2 Å². The number of anilines is 1. The number of halogens is 4. The Bertz CT molecular complexity index is 1490. The van der Waals surface area contributed by atoms with Gasteiger partial charge < -0.3 is 4.90 Å². The zero-order valence-electron chi connectivity index (χ0n) is 21.8. The summed E-state index contributed by atoms with van der Waals surface area (Å²) in [5.41, 5.74) is 1.12. The lowest BCUT2D eigenvalue weighted by atomic mass is 9.85. The summed E-state index contributed by atoms with van der Waals surface area (Å²) in [5.74, 6) is -7.89. The van der Waals surface area contributed by atoms with Gasteiger partial charge in [0.1, 0.15) is 6.04 Å². The maximum atomic E-state index is 14.6. The zero-order valence-corrected chi connectivity index (χ0v) is 22.6. The van der Waals surface area contributed by atoms with Gasteiger partial charge in [-0.3, -0.25) is 14.8 Å². The van der Waals surface area contributed by atoms with Crippen molar-refractivity contribution in [1.29, 1.82) is 0 Å². The van der Waals surface area contributed by atoms with E-state index >= 15 is 0 Å². The summed E-state index contributed by atoms with van der Waals surface area (Å²) in [6, 6.07) is 5.60. The molecule has 0 radical (unpaired) electrons. The third-order valence-electron chi connectivity index (χ3n) is 7.75. The minimum absolute atomic E-state index is 0.00527. The molecule has 1 amide bonds. The van der Waals surface area contributed by atoms with Gasteiger partial charge in [-0.05, 0) is 55.9 Å². The Morgan fingerprint density at radius 3 is 2.15 bits per heavy atom. The van der Waals surface area contributed by atoms with E-state index in [-0.39, 0.29) is 19.5 Å². The molecular formula is C28H28F4N4O3S. The molecule has 40 heavy (non-hydrogen) atoms. The number of sulfonamides is 1. The number of nitrogens with zero attached hydrogens (tertiary/aromatic N) is 4. The van der Waals surface area contributed by atoms with Crippen LogP contribution in [-0.4, -0.2) is 41.2 Å². The predicted molar refractivity (Wildman–Crippen MR) is 139 cm³/mol. The normalized spacial score (nSPS) is 18.4. The smallest absolute Gasteiger partial charge is 0.249 e. The third kappa shape index (κ3) is 5.10. The minimum atomic E-state index is -5.10. The molecule has 1 aliphatic heterocycles. The van der Waals surface area contributed by atoms with Crippen LogP contribution in [0.15, 0.2) is 47.8 Å². The number of amides is 1. The van der Waals surface area contributed by atoms with Gasteiger partial charge in [-0.1, -0.05) is 25.3 Å². The van der Waals surface area contributed by atoms with Gasteiger partial charge in [0.25, 0.3) is 0 Å². The largest absolute Gasteiger partial charge is 0.305 e. The van der Waals surface area contributed by atoms with Crippen LogP contribution >= 0.6 is 0 Å². The molecule has 2 aliphatic rings. The summed E-state index contributed by atoms with van der Waals surface area (Å²) in [6.07, 6.45) is 10.6. The van der Waals surface area contributed by atoms with Crippen molar-refractivity contribution in [3.63, 3.8) is 0 Å². The molecule has 0 spiro atoms. The number of rotatable bonds is 7. The average molecular weight is 577 g/mol. The van der Waals surface area contributed by atoms with Gasteiger partial charge >= 0.3 is 0 Å². The molecule has 1 atom stereocenters. The Morgan fingerprint density at radius 2 is 1.60 bits per heavy atom. The fraction of sp³-hybridized carbons (Fsp3) is 0.393. The van der Waals surface area contributed by atoms with Gasteiger partial charge in [-0.2, -0.15) is 4.31 Å². The molecule has 3 aromatic rings. The molecule has 1 aliphatic carbocycles. The number of hydrogen-bond donors (Lipinski definition) is 0. The summed E-state index contributed by atoms with van der Waals surface area (Å²) >= 11 is 0. The highest BCUT2D eigenvalue weighted by Crippen LogP contribution is 2.35. The standard InChI is InChI=1S/C28H28F4N4O3S/c1-17-23(29)25(31)27(26(32)24(17)30)40(38,39)36-14-11-22(36)28(37)35(21-9-12-33-13-10-21)16-20-8-7-19(15-34-20)18-5-3-2-4-6-18/h7-10,12-13,15,18,22H,2-6,11,14,16H2,1H3/t22-/m1/s1. The first-order chi connectivity index (χ1) is 19.1. The second-order valence-electron chi connectivity index (χ2n) is 10.2. The predicted octanol–water partition coefficient (Wildman–Crippen LogP) is 5.39. The van der Waals surface area contributed by atoms with Crippen LogP contribution in [-0.2, 0) is 21.4 Å². The lowest BCUT2D eigenvalue weighted by molar-refractivity contribution is -0.125. The SMILES string of the molecule is Cc1c(F)c(F)c(S(=O)(=O)N2CC[C@@H]2C(=O)N(Cc2ccc(C3CCCCC3)cn2)c2ccncc2)c(F)c1F. The van der Waals surface area contributed by atoms with Crippen LogP contribution in [0, 0.1) is 30.2 Å². The Hall–Kier alpha value is -3.38. The molecule has 1 saturated heterocycles. The van der Waals surface area contributed by atoms with Crippen LogP contribution in [0.1, 0.15) is 61.3 Å². The molecule has 0 bridgehead atoms. The molecule has 212 valence electrons. The highest BCUT2D eigenvalue weighted by molar-refractivity contribution is 7.89. The Kier molecular flexibility index (Phi) is 7.92. The van der Waals surface area contributed by atoms with E-state index in [1.165, 1.54) is 36.6 Å². The maximum Gasteiger partial charge on any atom is 0.249 e. The third-order valence-corrected chi connectivity index (χ3v) is 9.68. The Balaban J connectivity index is 1.43. The minimum Gasteiger partial charge on any atom is -0.305 e. The van der Waals surface area contributed by atoms with Crippen LogP contribution in [0.3, 0.4) is 0 Å². The van der Waals surface area contributed by atoms with E-state index in [4.69, 9.17) is 0 Å². The van der Waals surface area contributed by atoms with Crippen LogP contribution in [0.4, 0.5) is 23.2 Å². The topological polar surface area (TPSA) is 83.5 Å². The number of benzene rings is 1. The van der Waals surface area contributed by atoms with Crippen LogP contribution < -0.4 is 4.90 Å². The highest BCUT2D eigenvalue weighted by Gasteiger charge is 2.47. The summed E-state index contributed by atoms with van der Waals surface area (Å²) in [5, 5.41) is 0. The molecular weight excluding hydrogens is 548 g/mol. The first-order valence-electron chi connectivity index (χ1n) is 13.1. The molecule has 2 fully saturated rings. The molecule has 1 saturated carbocycles. The molecule has 7 nitrogen and oxygen atoms in total. The van der Waals surface area contributed by atoms with Crippen molar-refractivity contribution >= 4 is 21.6 Å². The van der Waals surface area contributed by atoms with Crippen molar-refractivity contribution in [2.24, 2.45) is 0 Å². The van der Waals surface area contributed by atoms with Crippen LogP contribution in [0.2, 0.25) is 0 Å². The maximum absolute atomic E-state index is 14.6. The summed E-state index contributed by atoms with van der Waals surface area (Å²) < 4.78 is 84.6. The zero-order chi connectivity index (χ0) is 28.6. The number of carbonyl (C=O) groups is 1. The van der Waals surface area contributed by atoms with Gasteiger partial charge in [-0.25, -0.2) is 26.0 Å². The lowest BCUT2D eigenvalue weighted by Gasteiger charge is -2.41. The van der Waals surface area contributed by atoms with Crippen molar-refractivity contribution in [1.82, 2.24) is 14.3 Å². The first kappa shape index (κ1) is 28.2. The van der Waals surface area contributed by atoms with E-state index in [9.17, 15) is 30.8 Å². The van der Waals surface area contributed by atoms with Gasteiger partial charge in [0.05, 0.1) is 12.2 Å². The molecule has 0 N–H and O–H groups in total. The molecule has 1 aromatic carbocycles. The summed E-state index contributed by atoms with van der Waals surface area (Å²) in [7, 11) is -5.10. The van der Waals surface area contributed by atoms with E-state index in [2.05, 4.69) is 9.97 Å². The molecule has 12 heteroatoms. The van der Waals surface area contributed by atoms with Gasteiger partial charge in [-0.15, -0.1) is 0 Å². The van der Waals surface area contributed by atoms with E-state index in [0.29, 0.717) is 21.6 Å². The lowest BCUT2D eigenvalue weighted by Crippen LogP contribution is -2.59. The van der Waals surface area contributed by atoms with E-state index in [1.807, 2.05) is 12.1 Å². The van der Waals surface area contributed by atoms with Crippen molar-refractivity contribution in [3.8, 4) is 0 Å². The summed E-state index contributed by atoms with van der Waals surface area (Å²) in [4.78, 5) is 21.8. The number of hydrogen-bond acceptors (Lipinski definition) is 5. The molecule has 0 unspecified atom stereocenters.